The van der Waals surface area contributed by atoms with Crippen LogP contribution in [0, 0.1) is 13.8 Å². The van der Waals surface area contributed by atoms with E-state index < -0.39 is 0 Å². The van der Waals surface area contributed by atoms with E-state index in [0.29, 0.717) is 0 Å². The average molecular weight is 855 g/mol. The maximum atomic E-state index is 2.71. The molecule has 0 atom stereocenters. The minimum Gasteiger partial charge on any atom is -0.311 e. The second-order valence-corrected chi connectivity index (χ2v) is 25.1. The van der Waals surface area contributed by atoms with Crippen molar-refractivity contribution in [2.75, 3.05) is 9.80 Å². The lowest BCUT2D eigenvalue weighted by atomic mass is 9.33. The van der Waals surface area contributed by atoms with Crippen molar-refractivity contribution in [1.82, 2.24) is 0 Å². The molecule has 0 bridgehead atoms. The number of aryl methyl sites for hydroxylation is 2. The number of fused-ring (bicyclic) bond motifs is 7. The average Bonchev–Trinajstić information content (AvgIpc) is 3.25. The van der Waals surface area contributed by atoms with Crippen molar-refractivity contribution in [2.24, 2.45) is 0 Å². The summed E-state index contributed by atoms with van der Waals surface area (Å²) in [4.78, 5) is 5.40. The Morgan fingerprint density at radius 3 is 1.43 bits per heavy atom. The topological polar surface area (TPSA) is 6.48 Å². The summed E-state index contributed by atoms with van der Waals surface area (Å²) < 4.78 is 0. The maximum absolute atomic E-state index is 2.71. The van der Waals surface area contributed by atoms with Crippen LogP contribution in [-0.4, -0.2) is 6.71 Å². The molecule has 2 heterocycles. The van der Waals surface area contributed by atoms with Crippen molar-refractivity contribution in [3.05, 3.63) is 148 Å². The normalized spacial score (nSPS) is 20.7. The minimum absolute atomic E-state index is 0.0502. The summed E-state index contributed by atoms with van der Waals surface area (Å²) in [5.74, 6) is 0. The summed E-state index contributed by atoms with van der Waals surface area (Å²) in [6, 6.07) is 41.6. The maximum Gasteiger partial charge on any atom is 0.252 e. The number of benzene rings is 6. The van der Waals surface area contributed by atoms with Crippen molar-refractivity contribution < 1.29 is 0 Å². The van der Waals surface area contributed by atoms with Crippen LogP contribution in [0.2, 0.25) is 0 Å². The van der Waals surface area contributed by atoms with Crippen molar-refractivity contribution in [1.29, 1.82) is 0 Å². The predicted octanol–water partition coefficient (Wildman–Crippen LogP) is 15.1. The van der Waals surface area contributed by atoms with E-state index in [4.69, 9.17) is 0 Å². The molecule has 0 radical (unpaired) electrons. The van der Waals surface area contributed by atoms with E-state index in [2.05, 4.69) is 210 Å². The van der Waals surface area contributed by atoms with Crippen LogP contribution in [0.1, 0.15) is 166 Å². The fourth-order valence-electron chi connectivity index (χ4n) is 13.2. The third-order valence-corrected chi connectivity index (χ3v) is 17.8. The van der Waals surface area contributed by atoms with E-state index in [1.165, 1.54) is 145 Å². The monoisotopic (exact) mass is 855 g/mol. The molecule has 2 aliphatic heterocycles. The minimum atomic E-state index is 0.0502. The van der Waals surface area contributed by atoms with Crippen LogP contribution < -0.4 is 26.2 Å². The van der Waals surface area contributed by atoms with E-state index in [0.717, 1.165) is 0 Å². The van der Waals surface area contributed by atoms with Gasteiger partial charge in [0.2, 0.25) is 0 Å². The molecule has 3 aliphatic carbocycles. The van der Waals surface area contributed by atoms with Gasteiger partial charge in [0.1, 0.15) is 0 Å². The smallest absolute Gasteiger partial charge is 0.252 e. The number of rotatable bonds is 3. The molecule has 0 fully saturated rings. The molecule has 6 aromatic rings. The molecule has 332 valence electrons. The Morgan fingerprint density at radius 1 is 0.369 bits per heavy atom. The molecule has 0 spiro atoms. The Labute approximate surface area is 392 Å². The first-order valence-corrected chi connectivity index (χ1v) is 24.9. The first-order chi connectivity index (χ1) is 30.5. The van der Waals surface area contributed by atoms with Crippen LogP contribution in [0.5, 0.6) is 0 Å². The predicted molar refractivity (Wildman–Crippen MR) is 281 cm³/mol. The van der Waals surface area contributed by atoms with E-state index in [-0.39, 0.29) is 39.2 Å². The molecule has 0 saturated heterocycles. The molecule has 0 unspecified atom stereocenters. The van der Waals surface area contributed by atoms with Crippen molar-refractivity contribution in [3.63, 3.8) is 0 Å². The summed E-state index contributed by atoms with van der Waals surface area (Å²) >= 11 is 0. The lowest BCUT2D eigenvalue weighted by Crippen LogP contribution is -2.62. The molecular formula is C62H71BN2. The van der Waals surface area contributed by atoms with Gasteiger partial charge in [-0.25, -0.2) is 0 Å². The van der Waals surface area contributed by atoms with Crippen molar-refractivity contribution in [2.45, 2.75) is 168 Å². The van der Waals surface area contributed by atoms with Crippen LogP contribution in [0.15, 0.2) is 103 Å². The molecule has 0 amide bonds. The molecule has 65 heavy (non-hydrogen) atoms. The van der Waals surface area contributed by atoms with E-state index in [1.807, 2.05) is 0 Å². The van der Waals surface area contributed by atoms with Gasteiger partial charge in [-0.2, -0.15) is 0 Å². The highest BCUT2D eigenvalue weighted by molar-refractivity contribution is 7.00. The Kier molecular flexibility index (Phi) is 9.03. The Balaban J connectivity index is 1.26. The number of hydrogen-bond donors (Lipinski definition) is 0. The van der Waals surface area contributed by atoms with Gasteiger partial charge in [-0.3, -0.25) is 0 Å². The largest absolute Gasteiger partial charge is 0.311 e. The lowest BCUT2D eigenvalue weighted by Gasteiger charge is -2.48. The summed E-state index contributed by atoms with van der Waals surface area (Å²) in [5, 5.41) is 0. The summed E-state index contributed by atoms with van der Waals surface area (Å²) in [6.07, 6.45) is 7.16. The van der Waals surface area contributed by atoms with Crippen LogP contribution in [0.25, 0.3) is 11.1 Å². The highest BCUT2D eigenvalue weighted by Crippen LogP contribution is 2.54. The van der Waals surface area contributed by atoms with Crippen molar-refractivity contribution >= 4 is 57.2 Å². The van der Waals surface area contributed by atoms with Crippen LogP contribution >= 0.6 is 0 Å². The highest BCUT2D eigenvalue weighted by Gasteiger charge is 2.48. The summed E-state index contributed by atoms with van der Waals surface area (Å²) in [7, 11) is 0. The van der Waals surface area contributed by atoms with Crippen LogP contribution in [0.4, 0.5) is 34.1 Å². The number of anilines is 6. The van der Waals surface area contributed by atoms with E-state index in [9.17, 15) is 0 Å². The summed E-state index contributed by atoms with van der Waals surface area (Å²) in [5.41, 5.74) is 26.9. The quantitative estimate of drug-likeness (QED) is 0.163. The van der Waals surface area contributed by atoms with Gasteiger partial charge in [0, 0.05) is 34.1 Å². The van der Waals surface area contributed by atoms with Gasteiger partial charge in [-0.05, 0) is 199 Å². The van der Waals surface area contributed by atoms with Gasteiger partial charge >= 0.3 is 0 Å². The van der Waals surface area contributed by atoms with Gasteiger partial charge in [-0.1, -0.05) is 144 Å². The van der Waals surface area contributed by atoms with E-state index in [1.54, 1.807) is 0 Å². The molecule has 6 aromatic carbocycles. The molecular weight excluding hydrogens is 784 g/mol. The standard InChI is InChI=1S/C62H71BN2/c1-38-30-54-56-55(31-38)65(52-36-47-44(32-39(52)2)58(5,6)26-28-61(47,11)12)51-23-20-41(40-18-16-15-17-19-40)33-49(51)63(56)50-35-46-48(62(13,14)29-27-60(46,9)10)37-53(50)64(54)42-21-22-43-45(34-42)59(7,8)25-24-57(43,3)4/h15-23,30-37H,24-29H2,1-14H3. The van der Waals surface area contributed by atoms with Gasteiger partial charge < -0.3 is 9.80 Å². The van der Waals surface area contributed by atoms with Crippen LogP contribution in [-0.2, 0) is 32.5 Å². The zero-order chi connectivity index (χ0) is 46.0. The molecule has 0 saturated carbocycles. The molecule has 11 rings (SSSR count). The van der Waals surface area contributed by atoms with E-state index >= 15 is 0 Å². The second kappa shape index (κ2) is 13.8. The third kappa shape index (κ3) is 6.33. The van der Waals surface area contributed by atoms with Gasteiger partial charge in [0.15, 0.2) is 0 Å². The van der Waals surface area contributed by atoms with Gasteiger partial charge in [0.25, 0.3) is 6.71 Å². The molecule has 2 nitrogen and oxygen atoms in total. The Morgan fingerprint density at radius 2 is 0.846 bits per heavy atom. The Bertz CT molecular complexity index is 2980. The lowest BCUT2D eigenvalue weighted by molar-refractivity contribution is 0.332. The van der Waals surface area contributed by atoms with Gasteiger partial charge in [0.05, 0.1) is 0 Å². The SMILES string of the molecule is Cc1cc2c3c(c1)N(c1cc4c(cc1C)C(C)(C)CCC4(C)C)c1ccc(-c4ccccc4)cc1B3c1cc3c(cc1N2c1ccc2c(c1)C(C)(C)CCC2(C)C)C(C)(C)CCC3(C)C. The third-order valence-electron chi connectivity index (χ3n) is 17.8. The first-order valence-electron chi connectivity index (χ1n) is 24.9. The zero-order valence-corrected chi connectivity index (χ0v) is 42.0. The van der Waals surface area contributed by atoms with Gasteiger partial charge in [-0.15, -0.1) is 0 Å². The zero-order valence-electron chi connectivity index (χ0n) is 42.0. The molecule has 0 N–H and O–H groups in total. The highest BCUT2D eigenvalue weighted by atomic mass is 15.2. The Hall–Kier alpha value is -5.02. The number of nitrogens with zero attached hydrogens (tertiary/aromatic N) is 2. The van der Waals surface area contributed by atoms with Crippen LogP contribution in [0.3, 0.4) is 0 Å². The molecule has 3 heteroatoms. The molecule has 0 aromatic heterocycles. The fraction of sp³-hybridized carbons (Fsp3) is 0.419. The second-order valence-electron chi connectivity index (χ2n) is 25.1. The molecule has 5 aliphatic rings. The first kappa shape index (κ1) is 42.6. The summed E-state index contributed by atoms with van der Waals surface area (Å²) in [6.45, 7) is 34.4. The number of hydrogen-bond acceptors (Lipinski definition) is 2. The fourth-order valence-corrected chi connectivity index (χ4v) is 13.2. The van der Waals surface area contributed by atoms with Crippen molar-refractivity contribution in [3.8, 4) is 11.1 Å².